The summed E-state index contributed by atoms with van der Waals surface area (Å²) in [4.78, 5) is 13.2. The van der Waals surface area contributed by atoms with E-state index in [4.69, 9.17) is 4.74 Å². The Morgan fingerprint density at radius 2 is 1.42 bits per heavy atom. The Bertz CT molecular complexity index is 1350. The first-order valence-corrected chi connectivity index (χ1v) is 16.2. The molecule has 246 valence electrons. The van der Waals surface area contributed by atoms with Crippen LogP contribution in [0.2, 0.25) is 0 Å². The van der Waals surface area contributed by atoms with Crippen LogP contribution >= 0.6 is 0 Å². The topological polar surface area (TPSA) is 66.8 Å². The van der Waals surface area contributed by atoms with E-state index in [2.05, 4.69) is 84.9 Å². The molecule has 0 aliphatic heterocycles. The van der Waals surface area contributed by atoms with Crippen molar-refractivity contribution in [1.29, 1.82) is 0 Å². The lowest BCUT2D eigenvalue weighted by Gasteiger charge is -2.38. The predicted molar refractivity (Wildman–Crippen MR) is 191 cm³/mol. The van der Waals surface area contributed by atoms with Crippen LogP contribution in [-0.2, 0) is 9.53 Å². The number of Topliss-reactive ketones (excluding diaryl/α,β-unsaturated/α-hetero) is 1. The molecule has 0 amide bonds. The normalized spacial score (nSPS) is 25.3. The smallest absolute Gasteiger partial charge is 0.165 e. The molecule has 45 heavy (non-hydrogen) atoms. The molecule has 0 bridgehead atoms. The van der Waals surface area contributed by atoms with Gasteiger partial charge in [-0.2, -0.15) is 0 Å². The molecule has 0 saturated carbocycles. The number of ether oxygens (including phenoxy) is 1. The van der Waals surface area contributed by atoms with Gasteiger partial charge in [0.05, 0.1) is 18.8 Å². The zero-order valence-electron chi connectivity index (χ0n) is 29.5. The number of hydrogen-bond acceptors (Lipinski definition) is 4. The molecule has 3 atom stereocenters. The van der Waals surface area contributed by atoms with Crippen molar-refractivity contribution >= 4 is 5.78 Å². The minimum absolute atomic E-state index is 0.0394. The van der Waals surface area contributed by atoms with E-state index >= 15 is 0 Å². The third-order valence-electron chi connectivity index (χ3n) is 8.89. The van der Waals surface area contributed by atoms with Gasteiger partial charge in [-0.05, 0) is 64.7 Å². The maximum atomic E-state index is 13.2. The number of hydrogen-bond donors (Lipinski definition) is 2. The summed E-state index contributed by atoms with van der Waals surface area (Å²) in [5.74, 6) is 0.396. The van der Waals surface area contributed by atoms with E-state index in [1.807, 2.05) is 56.4 Å². The number of aliphatic hydroxyl groups is 2. The van der Waals surface area contributed by atoms with Crippen LogP contribution < -0.4 is 0 Å². The van der Waals surface area contributed by atoms with Gasteiger partial charge in [0.15, 0.2) is 5.78 Å². The maximum absolute atomic E-state index is 13.2. The highest BCUT2D eigenvalue weighted by atomic mass is 16.5. The number of ketones is 1. The largest absolute Gasteiger partial charge is 0.393 e. The summed E-state index contributed by atoms with van der Waals surface area (Å²) >= 11 is 0. The summed E-state index contributed by atoms with van der Waals surface area (Å²) < 4.78 is 5.33. The Morgan fingerprint density at radius 1 is 0.867 bits per heavy atom. The van der Waals surface area contributed by atoms with Gasteiger partial charge in [0, 0.05) is 25.0 Å². The Labute approximate surface area is 273 Å². The zero-order chi connectivity index (χ0) is 33.8. The molecule has 0 aromatic heterocycles. The molecule has 0 heterocycles. The van der Waals surface area contributed by atoms with Gasteiger partial charge in [-0.3, -0.25) is 4.79 Å². The average molecular weight is 615 g/mol. The van der Waals surface area contributed by atoms with Crippen molar-refractivity contribution in [3.8, 4) is 0 Å². The van der Waals surface area contributed by atoms with Crippen molar-refractivity contribution in [2.75, 3.05) is 13.7 Å². The van der Waals surface area contributed by atoms with Crippen LogP contribution in [0.3, 0.4) is 0 Å². The molecule has 0 aromatic carbocycles. The predicted octanol–water partition coefficient (Wildman–Crippen LogP) is 9.43. The molecule has 2 aliphatic carbocycles. The third-order valence-corrected chi connectivity index (χ3v) is 8.89. The molecule has 0 aromatic rings. The van der Waals surface area contributed by atoms with Gasteiger partial charge in [-0.1, -0.05) is 140 Å². The van der Waals surface area contributed by atoms with Crippen molar-refractivity contribution in [1.82, 2.24) is 0 Å². The molecule has 0 saturated heterocycles. The molecule has 0 fully saturated rings. The first kappa shape index (κ1) is 38.1. The van der Waals surface area contributed by atoms with Gasteiger partial charge in [0.25, 0.3) is 0 Å². The highest BCUT2D eigenvalue weighted by Crippen LogP contribution is 2.43. The van der Waals surface area contributed by atoms with Gasteiger partial charge >= 0.3 is 0 Å². The van der Waals surface area contributed by atoms with Crippen LogP contribution in [-0.4, -0.2) is 41.9 Å². The van der Waals surface area contributed by atoms with Crippen molar-refractivity contribution in [2.24, 2.45) is 16.7 Å². The van der Waals surface area contributed by atoms with E-state index in [0.29, 0.717) is 30.8 Å². The molecule has 4 heteroatoms. The van der Waals surface area contributed by atoms with Gasteiger partial charge < -0.3 is 14.9 Å². The SMILES string of the molecule is COCC(=CC=CC(C)=CC=CC=C(C)C=CC=C(C)C=CC1C(C)=CC(O)CC1(C)C)C(=O)CC1=C(C)CC(O)CC1(C)C. The minimum atomic E-state index is -0.345. The van der Waals surface area contributed by atoms with Crippen molar-refractivity contribution in [2.45, 2.75) is 100 Å². The number of methoxy groups -OCH3 is 1. The molecule has 2 rings (SSSR count). The van der Waals surface area contributed by atoms with E-state index < -0.39 is 0 Å². The summed E-state index contributed by atoms with van der Waals surface area (Å²) in [5.41, 5.74) is 7.39. The van der Waals surface area contributed by atoms with E-state index in [1.54, 1.807) is 7.11 Å². The van der Waals surface area contributed by atoms with Crippen LogP contribution in [0.4, 0.5) is 0 Å². The zero-order valence-corrected chi connectivity index (χ0v) is 29.5. The van der Waals surface area contributed by atoms with Crippen LogP contribution in [0.5, 0.6) is 0 Å². The first-order valence-electron chi connectivity index (χ1n) is 16.2. The Hall–Kier alpha value is -3.05. The van der Waals surface area contributed by atoms with E-state index in [-0.39, 0.29) is 35.4 Å². The number of aliphatic hydroxyl groups excluding tert-OH is 2. The monoisotopic (exact) mass is 614 g/mol. The molecule has 4 nitrogen and oxygen atoms in total. The lowest BCUT2D eigenvalue weighted by molar-refractivity contribution is -0.115. The summed E-state index contributed by atoms with van der Waals surface area (Å²) in [6.45, 7) is 19.3. The van der Waals surface area contributed by atoms with Gasteiger partial charge in [0.2, 0.25) is 0 Å². The third kappa shape index (κ3) is 12.7. The molecule has 0 radical (unpaired) electrons. The highest BCUT2D eigenvalue weighted by molar-refractivity contribution is 5.97. The second-order valence-electron chi connectivity index (χ2n) is 14.3. The number of carbonyl (C=O) groups excluding carboxylic acids is 1. The summed E-state index contributed by atoms with van der Waals surface area (Å²) in [5, 5.41) is 20.3. The Morgan fingerprint density at radius 3 is 1.98 bits per heavy atom. The fourth-order valence-electron chi connectivity index (χ4n) is 6.54. The molecular formula is C41H58O4. The van der Waals surface area contributed by atoms with Crippen LogP contribution in [0.25, 0.3) is 0 Å². The molecule has 3 unspecified atom stereocenters. The lowest BCUT2D eigenvalue weighted by Crippen LogP contribution is -2.32. The Balaban J connectivity index is 1.97. The summed E-state index contributed by atoms with van der Waals surface area (Å²) in [7, 11) is 1.61. The van der Waals surface area contributed by atoms with E-state index in [9.17, 15) is 15.0 Å². The number of allylic oxidation sites excluding steroid dienone is 17. The Kier molecular flexibility index (Phi) is 14.9. The average Bonchev–Trinajstić information content (AvgIpc) is 2.91. The summed E-state index contributed by atoms with van der Waals surface area (Å²) in [6, 6.07) is 0. The molecule has 0 spiro atoms. The number of carbonyl (C=O) groups is 1. The van der Waals surface area contributed by atoms with E-state index in [1.165, 1.54) is 11.1 Å². The van der Waals surface area contributed by atoms with Crippen molar-refractivity contribution in [3.05, 3.63) is 118 Å². The second kappa shape index (κ2) is 17.6. The van der Waals surface area contributed by atoms with Crippen LogP contribution in [0, 0.1) is 16.7 Å². The molecule has 2 N–H and O–H groups in total. The lowest BCUT2D eigenvalue weighted by atomic mass is 9.67. The molecule has 2 aliphatic rings. The van der Waals surface area contributed by atoms with Crippen molar-refractivity contribution in [3.63, 3.8) is 0 Å². The fourth-order valence-corrected chi connectivity index (χ4v) is 6.54. The summed E-state index contributed by atoms with van der Waals surface area (Å²) in [6.07, 6.45) is 28.4. The van der Waals surface area contributed by atoms with Gasteiger partial charge in [0.1, 0.15) is 0 Å². The minimum Gasteiger partial charge on any atom is -0.393 e. The standard InChI is InChI=1S/C41H58O4/c1-29(17-13-18-31(3)21-22-37-32(4)23-35(42)26-40(37,6)7)15-11-12-16-30(2)19-14-20-34(28-45-10)39(44)25-38-33(5)24-36(43)27-41(38,8)9/h11-23,35-37,42-43H,24-28H2,1-10H3. The van der Waals surface area contributed by atoms with Crippen LogP contribution in [0.1, 0.15) is 88.0 Å². The second-order valence-corrected chi connectivity index (χ2v) is 14.3. The first-order chi connectivity index (χ1) is 21.1. The number of rotatable bonds is 13. The fraction of sp³-hybridized carbons (Fsp3) is 0.488. The quantitative estimate of drug-likeness (QED) is 0.123. The molecular weight excluding hydrogens is 556 g/mol. The van der Waals surface area contributed by atoms with E-state index in [0.717, 1.165) is 28.7 Å². The van der Waals surface area contributed by atoms with Crippen molar-refractivity contribution < 1.29 is 19.7 Å². The highest BCUT2D eigenvalue weighted by Gasteiger charge is 2.35. The maximum Gasteiger partial charge on any atom is 0.165 e. The van der Waals surface area contributed by atoms with Gasteiger partial charge in [-0.25, -0.2) is 0 Å². The van der Waals surface area contributed by atoms with Gasteiger partial charge in [-0.15, -0.1) is 0 Å². The van der Waals surface area contributed by atoms with Crippen LogP contribution in [0.15, 0.2) is 118 Å².